The van der Waals surface area contributed by atoms with Crippen LogP contribution in [-0.2, 0) is 11.3 Å². The second-order valence-corrected chi connectivity index (χ2v) is 7.96. The van der Waals surface area contributed by atoms with E-state index in [4.69, 9.17) is 9.47 Å². The van der Waals surface area contributed by atoms with Crippen LogP contribution >= 0.6 is 11.3 Å². The van der Waals surface area contributed by atoms with Crippen LogP contribution in [0.4, 0.5) is 0 Å². The lowest BCUT2D eigenvalue weighted by molar-refractivity contribution is -0.122. The molecule has 1 atom stereocenters. The van der Waals surface area contributed by atoms with Gasteiger partial charge in [-0.1, -0.05) is 18.2 Å². The van der Waals surface area contributed by atoms with Crippen LogP contribution in [-0.4, -0.2) is 42.0 Å². The summed E-state index contributed by atoms with van der Waals surface area (Å²) >= 11 is 1.66. The number of hydrogen-bond acceptors (Lipinski definition) is 6. The highest BCUT2D eigenvalue weighted by atomic mass is 32.1. The van der Waals surface area contributed by atoms with Crippen molar-refractivity contribution in [1.82, 2.24) is 15.2 Å². The number of nitrogens with zero attached hydrogens (tertiary/aromatic N) is 2. The average Bonchev–Trinajstić information content (AvgIpc) is 3.23. The Morgan fingerprint density at radius 2 is 2.20 bits per heavy atom. The molecule has 1 aliphatic heterocycles. The van der Waals surface area contributed by atoms with E-state index in [2.05, 4.69) is 38.1 Å². The minimum atomic E-state index is -0.0828. The standard InChI is InChI=1S/C23H25N3O3S/c27-23(25-10-4-11-28-20-6-3-9-24-13-20)16-26-14-18-5-1-2-7-21(18)29-22(15-26)19-8-12-30-17-19/h1-3,5-9,12-13,17,22H,4,10-11,14-16H2,(H,25,27)/t22-/m0/s1. The number of nitrogens with one attached hydrogen (secondary N) is 1. The molecule has 2 aromatic heterocycles. The number of hydrogen-bond donors (Lipinski definition) is 1. The summed E-state index contributed by atoms with van der Waals surface area (Å²) in [5.41, 5.74) is 2.25. The van der Waals surface area contributed by atoms with Crippen LogP contribution in [0, 0.1) is 0 Å². The van der Waals surface area contributed by atoms with Crippen molar-refractivity contribution in [3.05, 3.63) is 76.7 Å². The number of benzene rings is 1. The fourth-order valence-corrected chi connectivity index (χ4v) is 4.12. The summed E-state index contributed by atoms with van der Waals surface area (Å²) in [6.45, 7) is 2.81. The molecule has 6 nitrogen and oxygen atoms in total. The number of ether oxygens (including phenoxy) is 2. The van der Waals surface area contributed by atoms with Gasteiger partial charge in [-0.3, -0.25) is 14.7 Å². The summed E-state index contributed by atoms with van der Waals surface area (Å²) in [6, 6.07) is 13.8. The number of aromatic nitrogens is 1. The van der Waals surface area contributed by atoms with Gasteiger partial charge in [0.1, 0.15) is 17.6 Å². The van der Waals surface area contributed by atoms with Gasteiger partial charge < -0.3 is 14.8 Å². The van der Waals surface area contributed by atoms with Crippen molar-refractivity contribution in [3.8, 4) is 11.5 Å². The van der Waals surface area contributed by atoms with Crippen molar-refractivity contribution >= 4 is 17.2 Å². The van der Waals surface area contributed by atoms with Crippen molar-refractivity contribution in [2.45, 2.75) is 19.1 Å². The molecule has 1 aliphatic rings. The van der Waals surface area contributed by atoms with Gasteiger partial charge in [0.25, 0.3) is 0 Å². The van der Waals surface area contributed by atoms with Gasteiger partial charge in [0.2, 0.25) is 5.91 Å². The van der Waals surface area contributed by atoms with Crippen LogP contribution in [0.1, 0.15) is 23.7 Å². The van der Waals surface area contributed by atoms with E-state index >= 15 is 0 Å². The molecular formula is C23H25N3O3S. The largest absolute Gasteiger partial charge is 0.492 e. The molecule has 0 bridgehead atoms. The number of rotatable bonds is 8. The first kappa shape index (κ1) is 20.4. The molecule has 0 radical (unpaired) electrons. The summed E-state index contributed by atoms with van der Waals surface area (Å²) in [4.78, 5) is 18.7. The zero-order chi connectivity index (χ0) is 20.6. The van der Waals surface area contributed by atoms with Crippen molar-refractivity contribution in [2.24, 2.45) is 0 Å². The SMILES string of the molecule is O=C(CN1Cc2ccccc2O[C@H](c2ccsc2)C1)NCCCOc1cccnc1. The zero-order valence-electron chi connectivity index (χ0n) is 16.7. The number of carbonyl (C=O) groups is 1. The topological polar surface area (TPSA) is 63.7 Å². The number of fused-ring (bicyclic) bond motifs is 1. The Kier molecular flexibility index (Phi) is 6.95. The van der Waals surface area contributed by atoms with E-state index in [0.717, 1.165) is 29.0 Å². The number of amides is 1. The summed E-state index contributed by atoms with van der Waals surface area (Å²) in [5, 5.41) is 7.16. The van der Waals surface area contributed by atoms with Gasteiger partial charge in [-0.15, -0.1) is 0 Å². The highest BCUT2D eigenvalue weighted by molar-refractivity contribution is 7.07. The third-order valence-electron chi connectivity index (χ3n) is 4.89. The minimum absolute atomic E-state index is 0.0137. The zero-order valence-corrected chi connectivity index (χ0v) is 17.5. The van der Waals surface area contributed by atoms with Crippen LogP contribution in [0.3, 0.4) is 0 Å². The maximum atomic E-state index is 12.5. The predicted octanol–water partition coefficient (Wildman–Crippen LogP) is 3.66. The van der Waals surface area contributed by atoms with Gasteiger partial charge in [-0.2, -0.15) is 11.3 Å². The van der Waals surface area contributed by atoms with E-state index in [-0.39, 0.29) is 12.0 Å². The summed E-state index contributed by atoms with van der Waals surface area (Å²) < 4.78 is 11.9. The van der Waals surface area contributed by atoms with E-state index in [9.17, 15) is 4.79 Å². The van der Waals surface area contributed by atoms with Crippen molar-refractivity contribution in [3.63, 3.8) is 0 Å². The van der Waals surface area contributed by atoms with Crippen LogP contribution < -0.4 is 14.8 Å². The van der Waals surface area contributed by atoms with Crippen molar-refractivity contribution < 1.29 is 14.3 Å². The van der Waals surface area contributed by atoms with Gasteiger partial charge in [-0.25, -0.2) is 0 Å². The fraction of sp³-hybridized carbons (Fsp3) is 0.304. The fourth-order valence-electron chi connectivity index (χ4n) is 3.41. The molecular weight excluding hydrogens is 398 g/mol. The Hall–Kier alpha value is -2.90. The molecule has 1 amide bonds. The first-order valence-corrected chi connectivity index (χ1v) is 11.0. The van der Waals surface area contributed by atoms with Gasteiger partial charge in [-0.05, 0) is 41.4 Å². The highest BCUT2D eigenvalue weighted by Crippen LogP contribution is 2.31. The molecule has 156 valence electrons. The Morgan fingerprint density at radius 1 is 1.27 bits per heavy atom. The Labute approximate surface area is 180 Å². The van der Waals surface area contributed by atoms with Gasteiger partial charge in [0.05, 0.1) is 19.3 Å². The molecule has 1 N–H and O–H groups in total. The van der Waals surface area contributed by atoms with Crippen LogP contribution in [0.5, 0.6) is 11.5 Å². The predicted molar refractivity (Wildman–Crippen MR) is 117 cm³/mol. The number of para-hydroxylation sites is 1. The molecule has 0 saturated heterocycles. The molecule has 7 heteroatoms. The van der Waals surface area contributed by atoms with Crippen molar-refractivity contribution in [1.29, 1.82) is 0 Å². The second-order valence-electron chi connectivity index (χ2n) is 7.18. The molecule has 0 saturated carbocycles. The maximum Gasteiger partial charge on any atom is 0.234 e. The molecule has 3 heterocycles. The van der Waals surface area contributed by atoms with Crippen LogP contribution in [0.2, 0.25) is 0 Å². The van der Waals surface area contributed by atoms with Gasteiger partial charge in [0, 0.05) is 37.0 Å². The van der Waals surface area contributed by atoms with E-state index in [1.54, 1.807) is 23.7 Å². The first-order valence-electron chi connectivity index (χ1n) is 10.1. The highest BCUT2D eigenvalue weighted by Gasteiger charge is 2.25. The molecule has 0 spiro atoms. The normalized spacial score (nSPS) is 16.2. The van der Waals surface area contributed by atoms with Crippen LogP contribution in [0.15, 0.2) is 65.6 Å². The van der Waals surface area contributed by atoms with Gasteiger partial charge >= 0.3 is 0 Å². The molecule has 0 fully saturated rings. The monoisotopic (exact) mass is 423 g/mol. The Balaban J connectivity index is 1.28. The number of pyridine rings is 1. The first-order chi connectivity index (χ1) is 14.8. The minimum Gasteiger partial charge on any atom is -0.492 e. The third-order valence-corrected chi connectivity index (χ3v) is 5.59. The summed E-state index contributed by atoms with van der Waals surface area (Å²) in [5.74, 6) is 1.65. The second kappa shape index (κ2) is 10.2. The average molecular weight is 424 g/mol. The lowest BCUT2D eigenvalue weighted by Crippen LogP contribution is -2.39. The molecule has 0 unspecified atom stereocenters. The van der Waals surface area contributed by atoms with Crippen molar-refractivity contribution in [2.75, 3.05) is 26.2 Å². The molecule has 1 aromatic carbocycles. The summed E-state index contributed by atoms with van der Waals surface area (Å²) in [6.07, 6.45) is 4.05. The van der Waals surface area contributed by atoms with Gasteiger partial charge in [0.15, 0.2) is 0 Å². The maximum absolute atomic E-state index is 12.5. The number of thiophene rings is 1. The molecule has 0 aliphatic carbocycles. The smallest absolute Gasteiger partial charge is 0.234 e. The lowest BCUT2D eigenvalue weighted by atomic mass is 10.2. The quantitative estimate of drug-likeness (QED) is 0.560. The molecule has 4 rings (SSSR count). The van der Waals surface area contributed by atoms with E-state index in [1.165, 1.54) is 0 Å². The Morgan fingerprint density at radius 3 is 3.03 bits per heavy atom. The summed E-state index contributed by atoms with van der Waals surface area (Å²) in [7, 11) is 0. The van der Waals surface area contributed by atoms with Crippen LogP contribution in [0.25, 0.3) is 0 Å². The lowest BCUT2D eigenvalue weighted by Gasteiger charge is -2.23. The number of carbonyl (C=O) groups excluding carboxylic acids is 1. The molecule has 30 heavy (non-hydrogen) atoms. The van der Waals surface area contributed by atoms with E-state index in [1.807, 2.05) is 30.3 Å². The van der Waals surface area contributed by atoms with E-state index in [0.29, 0.717) is 32.8 Å². The van der Waals surface area contributed by atoms with E-state index < -0.39 is 0 Å². The third kappa shape index (κ3) is 5.58. The molecule has 3 aromatic rings. The Bertz CT molecular complexity index is 934.